The number of piperidine rings is 1. The van der Waals surface area contributed by atoms with Gasteiger partial charge >= 0.3 is 18.0 Å². The van der Waals surface area contributed by atoms with Crippen molar-refractivity contribution in [2.45, 2.75) is 46.6 Å². The highest BCUT2D eigenvalue weighted by atomic mass is 16.7. The summed E-state index contributed by atoms with van der Waals surface area (Å²) in [4.78, 5) is 40.5. The predicted octanol–water partition coefficient (Wildman–Crippen LogP) is 5.26. The minimum atomic E-state index is -0.971. The summed E-state index contributed by atoms with van der Waals surface area (Å²) in [6.07, 6.45) is 25.2. The van der Waals surface area contributed by atoms with Crippen molar-refractivity contribution < 1.29 is 29.4 Å². The molecule has 0 atom stereocenters. The Morgan fingerprint density at radius 1 is 0.711 bits per heavy atom. The average Bonchev–Trinajstić information content (AvgIpc) is 2.87. The second-order valence-corrected chi connectivity index (χ2v) is 8.80. The normalized spacial score (nSPS) is 17.0. The van der Waals surface area contributed by atoms with Crippen LogP contribution in [-0.2, 0) is 14.4 Å². The molecule has 0 aromatic rings. The lowest BCUT2D eigenvalue weighted by Gasteiger charge is -2.28. The van der Waals surface area contributed by atoms with Gasteiger partial charge in [-0.25, -0.2) is 14.4 Å². The minimum absolute atomic E-state index is 0.389. The van der Waals surface area contributed by atoms with E-state index < -0.39 is 18.0 Å². The quantitative estimate of drug-likeness (QED) is 0.205. The molecular formula is C30H38N2O6. The molecule has 1 aliphatic rings. The summed E-state index contributed by atoms with van der Waals surface area (Å²) in [7, 11) is 0. The molecular weight excluding hydrogens is 484 g/mol. The lowest BCUT2D eigenvalue weighted by atomic mass is 10.1. The second-order valence-electron chi connectivity index (χ2n) is 8.80. The lowest BCUT2D eigenvalue weighted by Crippen LogP contribution is -2.45. The standard InChI is InChI=1S/C30H38N2O6/c1-23(11-7-13-25(3)15-17-28(34)35)9-5-6-10-24(2)12-8-14-26(4)16-18-29(36)38-31-30(37)32-21-19-27(33)20-22-32/h5-18,27,33H,19-22H2,1-4H3,(H,31,37)(H,34,35)/b6-5+,11-7+,12-8+,17-15+,18-16+,23-9+,24-10+,25-13-,26-14+. The third-order valence-electron chi connectivity index (χ3n) is 5.23. The Bertz CT molecular complexity index is 1090. The van der Waals surface area contributed by atoms with Crippen LogP contribution in [0.3, 0.4) is 0 Å². The van der Waals surface area contributed by atoms with Crippen LogP contribution in [0.25, 0.3) is 0 Å². The van der Waals surface area contributed by atoms with Gasteiger partial charge < -0.3 is 20.0 Å². The third-order valence-corrected chi connectivity index (χ3v) is 5.23. The number of rotatable bonds is 10. The first-order valence-electron chi connectivity index (χ1n) is 12.3. The van der Waals surface area contributed by atoms with Crippen molar-refractivity contribution in [3.8, 4) is 0 Å². The van der Waals surface area contributed by atoms with E-state index in [0.29, 0.717) is 25.9 Å². The molecule has 0 aromatic carbocycles. The number of nitrogens with zero attached hydrogens (tertiary/aromatic N) is 1. The first-order chi connectivity index (χ1) is 18.1. The van der Waals surface area contributed by atoms with Crippen molar-refractivity contribution >= 4 is 18.0 Å². The molecule has 1 heterocycles. The number of nitrogens with one attached hydrogen (secondary N) is 1. The van der Waals surface area contributed by atoms with Crippen LogP contribution in [0.4, 0.5) is 4.79 Å². The summed E-state index contributed by atoms with van der Waals surface area (Å²) < 4.78 is 0. The first-order valence-corrected chi connectivity index (χ1v) is 12.3. The number of amides is 2. The number of carbonyl (C=O) groups excluding carboxylic acids is 2. The Morgan fingerprint density at radius 3 is 1.66 bits per heavy atom. The number of aliphatic hydroxyl groups is 1. The number of hydroxylamine groups is 1. The summed E-state index contributed by atoms with van der Waals surface area (Å²) in [6, 6.07) is -0.498. The molecule has 1 aliphatic heterocycles. The second kappa shape index (κ2) is 18.1. The van der Waals surface area contributed by atoms with E-state index in [1.165, 1.54) is 11.0 Å². The topological polar surface area (TPSA) is 116 Å². The molecule has 8 heteroatoms. The number of aliphatic hydroxyl groups excluding tert-OH is 1. The molecule has 0 radical (unpaired) electrons. The Kier molecular flexibility index (Phi) is 15.2. The number of hydrogen-bond donors (Lipinski definition) is 3. The van der Waals surface area contributed by atoms with E-state index in [-0.39, 0.29) is 6.10 Å². The number of urea groups is 1. The first kappa shape index (κ1) is 31.9. The zero-order chi connectivity index (χ0) is 28.3. The van der Waals surface area contributed by atoms with Crippen molar-refractivity contribution in [2.24, 2.45) is 0 Å². The Labute approximate surface area is 225 Å². The maximum atomic E-state index is 12.0. The molecule has 0 bridgehead atoms. The Morgan fingerprint density at radius 2 is 1.16 bits per heavy atom. The number of hydrogen-bond acceptors (Lipinski definition) is 5. The van der Waals surface area contributed by atoms with Gasteiger partial charge in [0.25, 0.3) is 0 Å². The van der Waals surface area contributed by atoms with Gasteiger partial charge in [-0.2, -0.15) is 5.48 Å². The van der Waals surface area contributed by atoms with Gasteiger partial charge in [0.15, 0.2) is 0 Å². The maximum Gasteiger partial charge on any atom is 0.355 e. The summed E-state index contributed by atoms with van der Waals surface area (Å²) in [5.41, 5.74) is 5.88. The minimum Gasteiger partial charge on any atom is -0.478 e. The molecule has 2 amide bonds. The third kappa shape index (κ3) is 15.7. The molecule has 0 aromatic heterocycles. The van der Waals surface area contributed by atoms with Crippen LogP contribution in [0.5, 0.6) is 0 Å². The fraction of sp³-hybridized carbons (Fsp3) is 0.300. The Hall–Kier alpha value is -4.17. The number of likely N-dealkylation sites (tertiary alicyclic amines) is 1. The van der Waals surface area contributed by atoms with Crippen molar-refractivity contribution in [2.75, 3.05) is 13.1 Å². The zero-order valence-corrected chi connectivity index (χ0v) is 22.5. The molecule has 204 valence electrons. The smallest absolute Gasteiger partial charge is 0.355 e. The van der Waals surface area contributed by atoms with Gasteiger partial charge in [-0.05, 0) is 40.5 Å². The van der Waals surface area contributed by atoms with Crippen LogP contribution in [0.1, 0.15) is 40.5 Å². The number of allylic oxidation sites excluding steroid dienone is 16. The van der Waals surface area contributed by atoms with E-state index in [1.807, 2.05) is 88.5 Å². The molecule has 38 heavy (non-hydrogen) atoms. The molecule has 1 saturated heterocycles. The predicted molar refractivity (Wildman–Crippen MR) is 150 cm³/mol. The highest BCUT2D eigenvalue weighted by Gasteiger charge is 2.21. The highest BCUT2D eigenvalue weighted by molar-refractivity contribution is 5.84. The van der Waals surface area contributed by atoms with Crippen molar-refractivity contribution in [3.05, 3.63) is 107 Å². The lowest BCUT2D eigenvalue weighted by molar-refractivity contribution is -0.143. The Balaban J connectivity index is 2.45. The summed E-state index contributed by atoms with van der Waals surface area (Å²) in [5.74, 6) is -1.66. The van der Waals surface area contributed by atoms with Crippen LogP contribution in [0.15, 0.2) is 107 Å². The average molecular weight is 523 g/mol. The fourth-order valence-electron chi connectivity index (χ4n) is 3.00. The molecule has 8 nitrogen and oxygen atoms in total. The summed E-state index contributed by atoms with van der Waals surface area (Å²) >= 11 is 0. The van der Waals surface area contributed by atoms with E-state index in [9.17, 15) is 19.5 Å². The number of aliphatic carboxylic acids is 1. The molecule has 0 spiro atoms. The van der Waals surface area contributed by atoms with E-state index >= 15 is 0 Å². The fourth-order valence-corrected chi connectivity index (χ4v) is 3.00. The molecule has 3 N–H and O–H groups in total. The van der Waals surface area contributed by atoms with Crippen LogP contribution < -0.4 is 5.48 Å². The van der Waals surface area contributed by atoms with Crippen molar-refractivity contribution in [1.29, 1.82) is 0 Å². The molecule has 1 fully saturated rings. The van der Waals surface area contributed by atoms with Gasteiger partial charge in [-0.3, -0.25) is 0 Å². The monoisotopic (exact) mass is 522 g/mol. The van der Waals surface area contributed by atoms with E-state index in [1.54, 1.807) is 12.2 Å². The summed E-state index contributed by atoms with van der Waals surface area (Å²) in [5, 5.41) is 18.1. The zero-order valence-electron chi connectivity index (χ0n) is 22.5. The van der Waals surface area contributed by atoms with Gasteiger partial charge in [0.2, 0.25) is 0 Å². The molecule has 1 rings (SSSR count). The van der Waals surface area contributed by atoms with Crippen LogP contribution in [0.2, 0.25) is 0 Å². The van der Waals surface area contributed by atoms with Crippen LogP contribution >= 0.6 is 0 Å². The van der Waals surface area contributed by atoms with E-state index in [0.717, 1.165) is 28.4 Å². The van der Waals surface area contributed by atoms with Crippen LogP contribution in [0, 0.1) is 0 Å². The van der Waals surface area contributed by atoms with Gasteiger partial charge in [-0.15, -0.1) is 0 Å². The highest BCUT2D eigenvalue weighted by Crippen LogP contribution is 2.09. The molecule has 0 saturated carbocycles. The van der Waals surface area contributed by atoms with Gasteiger partial charge in [0, 0.05) is 25.2 Å². The maximum absolute atomic E-state index is 12.0. The van der Waals surface area contributed by atoms with Gasteiger partial charge in [0.05, 0.1) is 6.10 Å². The van der Waals surface area contributed by atoms with Gasteiger partial charge in [-0.1, -0.05) is 95.2 Å². The van der Waals surface area contributed by atoms with Crippen molar-refractivity contribution in [3.63, 3.8) is 0 Å². The number of carbonyl (C=O) groups is 3. The molecule has 0 aliphatic carbocycles. The van der Waals surface area contributed by atoms with E-state index in [4.69, 9.17) is 9.94 Å². The number of carboxylic acid groups (broad SMARTS) is 1. The largest absolute Gasteiger partial charge is 0.478 e. The van der Waals surface area contributed by atoms with E-state index in [2.05, 4.69) is 5.48 Å². The number of carboxylic acids is 1. The van der Waals surface area contributed by atoms with Crippen LogP contribution in [-0.4, -0.2) is 52.3 Å². The summed E-state index contributed by atoms with van der Waals surface area (Å²) in [6.45, 7) is 8.44. The van der Waals surface area contributed by atoms with Crippen molar-refractivity contribution in [1.82, 2.24) is 10.4 Å². The van der Waals surface area contributed by atoms with Gasteiger partial charge in [0.1, 0.15) is 0 Å². The SMILES string of the molecule is CC(=C/C=C/C(C)=C/C=C/C=C(C)/C=C/C=C(C)/C=C/C(=O)ONC(=O)N1CCC(O)CC1)/C=C/C(=O)O. The molecule has 0 unspecified atom stereocenters.